The topological polar surface area (TPSA) is 92.6 Å². The highest BCUT2D eigenvalue weighted by atomic mass is 19.4. The molecule has 0 saturated heterocycles. The van der Waals surface area contributed by atoms with E-state index >= 15 is 0 Å². The summed E-state index contributed by atoms with van der Waals surface area (Å²) >= 11 is 0. The maximum atomic E-state index is 12.9. The summed E-state index contributed by atoms with van der Waals surface area (Å²) in [5.74, 6) is -1.96. The van der Waals surface area contributed by atoms with Gasteiger partial charge in [0.15, 0.2) is 0 Å². The summed E-state index contributed by atoms with van der Waals surface area (Å²) in [7, 11) is 1.65. The van der Waals surface area contributed by atoms with Crippen LogP contribution in [0.1, 0.15) is 21.7 Å². The number of para-hydroxylation sites is 1. The van der Waals surface area contributed by atoms with E-state index < -0.39 is 12.1 Å². The summed E-state index contributed by atoms with van der Waals surface area (Å²) < 4.78 is 37.0. The number of amides is 1. The molecule has 2 aromatic carbocycles. The molecule has 1 aliphatic heterocycles. The number of carbonyl (C=O) groups is 2. The summed E-state index contributed by atoms with van der Waals surface area (Å²) in [6.45, 7) is 1.18. The molecule has 0 aliphatic carbocycles. The first-order valence-corrected chi connectivity index (χ1v) is 11.2. The SMILES string of the molecule is COc1ccc(-c2ccnc3c2CN(CCc2ccc4ccccc4n2)C3=O)cc1.O=C(O)C(F)(F)F. The van der Waals surface area contributed by atoms with Crippen molar-refractivity contribution in [3.8, 4) is 16.9 Å². The summed E-state index contributed by atoms with van der Waals surface area (Å²) in [5.41, 5.74) is 5.60. The predicted molar refractivity (Wildman–Crippen MR) is 130 cm³/mol. The minimum atomic E-state index is -5.08. The zero-order valence-electron chi connectivity index (χ0n) is 19.7. The van der Waals surface area contributed by atoms with Gasteiger partial charge >= 0.3 is 12.1 Å². The molecule has 10 heteroatoms. The number of alkyl halides is 3. The van der Waals surface area contributed by atoms with Gasteiger partial charge in [-0.05, 0) is 41.5 Å². The van der Waals surface area contributed by atoms with Gasteiger partial charge in [-0.3, -0.25) is 14.8 Å². The minimum Gasteiger partial charge on any atom is -0.497 e. The molecule has 0 fully saturated rings. The summed E-state index contributed by atoms with van der Waals surface area (Å²) in [6, 6.07) is 22.1. The van der Waals surface area contributed by atoms with Crippen LogP contribution in [0.2, 0.25) is 0 Å². The van der Waals surface area contributed by atoms with Crippen LogP contribution in [0.25, 0.3) is 22.0 Å². The smallest absolute Gasteiger partial charge is 0.490 e. The Morgan fingerprint density at radius 3 is 2.43 bits per heavy atom. The van der Waals surface area contributed by atoms with Crippen LogP contribution in [0.4, 0.5) is 13.2 Å². The van der Waals surface area contributed by atoms with Gasteiger partial charge in [-0.1, -0.05) is 36.4 Å². The van der Waals surface area contributed by atoms with E-state index in [1.807, 2.05) is 59.5 Å². The molecule has 0 saturated carbocycles. The monoisotopic (exact) mass is 509 g/mol. The van der Waals surface area contributed by atoms with Crippen molar-refractivity contribution in [1.82, 2.24) is 14.9 Å². The zero-order valence-corrected chi connectivity index (χ0v) is 19.7. The Balaban J connectivity index is 0.000000405. The Bertz CT molecular complexity index is 1440. The number of aromatic nitrogens is 2. The van der Waals surface area contributed by atoms with Crippen molar-refractivity contribution in [1.29, 1.82) is 0 Å². The first-order valence-electron chi connectivity index (χ1n) is 11.2. The van der Waals surface area contributed by atoms with Gasteiger partial charge in [0.25, 0.3) is 5.91 Å². The molecule has 3 heterocycles. The van der Waals surface area contributed by atoms with E-state index in [1.165, 1.54) is 0 Å². The van der Waals surface area contributed by atoms with Gasteiger partial charge in [0.05, 0.1) is 12.6 Å². The highest BCUT2D eigenvalue weighted by Crippen LogP contribution is 2.32. The number of nitrogens with zero attached hydrogens (tertiary/aromatic N) is 3. The van der Waals surface area contributed by atoms with E-state index in [0.29, 0.717) is 25.2 Å². The standard InChI is InChI=1S/C25H21N3O2.C2HF3O2/c1-30-20-10-7-17(8-11-20)21-12-14-26-24-22(21)16-28(25(24)29)15-13-19-9-6-18-4-2-3-5-23(18)27-19;3-2(4,5)1(6)7/h2-12,14H,13,15-16H2,1H3;(H,6,7). The second kappa shape index (κ2) is 10.7. The Hall–Kier alpha value is -4.47. The largest absolute Gasteiger partial charge is 0.497 e. The molecular formula is C27H22F3N3O4. The van der Waals surface area contributed by atoms with Gasteiger partial charge in [0.1, 0.15) is 11.4 Å². The summed E-state index contributed by atoms with van der Waals surface area (Å²) in [4.78, 5) is 32.8. The van der Waals surface area contributed by atoms with Crippen LogP contribution in [-0.4, -0.2) is 51.7 Å². The number of ether oxygens (including phenoxy) is 1. The van der Waals surface area contributed by atoms with Crippen LogP contribution in [0, 0.1) is 0 Å². The van der Waals surface area contributed by atoms with E-state index in [2.05, 4.69) is 17.1 Å². The van der Waals surface area contributed by atoms with Crippen molar-refractivity contribution in [2.24, 2.45) is 0 Å². The molecule has 0 spiro atoms. The van der Waals surface area contributed by atoms with Crippen molar-refractivity contribution in [2.75, 3.05) is 13.7 Å². The first-order chi connectivity index (χ1) is 17.7. The fourth-order valence-corrected chi connectivity index (χ4v) is 3.97. The molecule has 0 atom stereocenters. The van der Waals surface area contributed by atoms with Crippen molar-refractivity contribution >= 4 is 22.8 Å². The zero-order chi connectivity index (χ0) is 26.6. The van der Waals surface area contributed by atoms with Gasteiger partial charge in [0.2, 0.25) is 0 Å². The maximum Gasteiger partial charge on any atom is 0.490 e. The molecule has 37 heavy (non-hydrogen) atoms. The molecule has 1 N–H and O–H groups in total. The lowest BCUT2D eigenvalue weighted by atomic mass is 10.0. The van der Waals surface area contributed by atoms with Gasteiger partial charge < -0.3 is 14.7 Å². The number of methoxy groups -OCH3 is 1. The Kier molecular flexibility index (Phi) is 7.37. The number of pyridine rings is 2. The normalized spacial score (nSPS) is 12.6. The Morgan fingerprint density at radius 2 is 1.76 bits per heavy atom. The second-order valence-corrected chi connectivity index (χ2v) is 8.19. The number of carboxylic acids is 1. The molecule has 2 aromatic heterocycles. The Labute approximate surface area is 210 Å². The van der Waals surface area contributed by atoms with Crippen LogP contribution in [0.15, 0.2) is 72.9 Å². The number of carbonyl (C=O) groups excluding carboxylic acids is 1. The third-order valence-corrected chi connectivity index (χ3v) is 5.83. The quantitative estimate of drug-likeness (QED) is 0.401. The molecule has 4 aromatic rings. The van der Waals surface area contributed by atoms with E-state index in [1.54, 1.807) is 13.3 Å². The highest BCUT2D eigenvalue weighted by Gasteiger charge is 2.38. The minimum absolute atomic E-state index is 0.0128. The summed E-state index contributed by atoms with van der Waals surface area (Å²) in [5, 5.41) is 8.25. The van der Waals surface area contributed by atoms with E-state index in [0.717, 1.165) is 39.0 Å². The fourth-order valence-electron chi connectivity index (χ4n) is 3.97. The number of benzene rings is 2. The third-order valence-electron chi connectivity index (χ3n) is 5.83. The van der Waals surface area contributed by atoms with Crippen LogP contribution in [0.3, 0.4) is 0 Å². The lowest BCUT2D eigenvalue weighted by molar-refractivity contribution is -0.192. The van der Waals surface area contributed by atoms with E-state index in [-0.39, 0.29) is 5.91 Å². The second-order valence-electron chi connectivity index (χ2n) is 8.19. The number of hydrogen-bond donors (Lipinski definition) is 1. The number of fused-ring (bicyclic) bond motifs is 2. The molecule has 0 bridgehead atoms. The van der Waals surface area contributed by atoms with Crippen LogP contribution in [-0.2, 0) is 17.8 Å². The van der Waals surface area contributed by atoms with Crippen molar-refractivity contribution < 1.29 is 32.6 Å². The van der Waals surface area contributed by atoms with Gasteiger partial charge in [0, 0.05) is 42.4 Å². The van der Waals surface area contributed by atoms with Crippen molar-refractivity contribution in [2.45, 2.75) is 19.1 Å². The molecule has 0 radical (unpaired) electrons. The third kappa shape index (κ3) is 5.85. The molecule has 0 unspecified atom stereocenters. The van der Waals surface area contributed by atoms with Crippen LogP contribution >= 0.6 is 0 Å². The highest BCUT2D eigenvalue weighted by molar-refractivity contribution is 5.98. The van der Waals surface area contributed by atoms with Crippen molar-refractivity contribution in [3.63, 3.8) is 0 Å². The lowest BCUT2D eigenvalue weighted by Gasteiger charge is -2.15. The van der Waals surface area contributed by atoms with Gasteiger partial charge in [-0.2, -0.15) is 13.2 Å². The number of rotatable bonds is 5. The predicted octanol–water partition coefficient (Wildman–Crippen LogP) is 5.14. The molecule has 7 nitrogen and oxygen atoms in total. The molecule has 1 aliphatic rings. The first kappa shape index (κ1) is 25.6. The fraction of sp³-hybridized carbons (Fsp3) is 0.185. The lowest BCUT2D eigenvalue weighted by Crippen LogP contribution is -2.26. The van der Waals surface area contributed by atoms with Crippen LogP contribution < -0.4 is 4.74 Å². The molecule has 5 rings (SSSR count). The van der Waals surface area contributed by atoms with Gasteiger partial charge in [-0.15, -0.1) is 0 Å². The molecule has 190 valence electrons. The molecule has 1 amide bonds. The number of carboxylic acid groups (broad SMARTS) is 1. The number of hydrogen-bond acceptors (Lipinski definition) is 5. The number of aliphatic carboxylic acids is 1. The summed E-state index contributed by atoms with van der Waals surface area (Å²) in [6.07, 6.45) is -2.66. The van der Waals surface area contributed by atoms with Crippen molar-refractivity contribution in [3.05, 3.63) is 89.9 Å². The number of halogens is 3. The molecular weight excluding hydrogens is 487 g/mol. The van der Waals surface area contributed by atoms with Crippen LogP contribution in [0.5, 0.6) is 5.75 Å². The maximum absolute atomic E-state index is 12.9. The average Bonchev–Trinajstić information content (AvgIpc) is 3.22. The van der Waals surface area contributed by atoms with Gasteiger partial charge in [-0.25, -0.2) is 4.79 Å². The Morgan fingerprint density at radius 1 is 1.05 bits per heavy atom. The van der Waals surface area contributed by atoms with E-state index in [9.17, 15) is 18.0 Å². The average molecular weight is 509 g/mol. The van der Waals surface area contributed by atoms with E-state index in [4.69, 9.17) is 19.6 Å².